The number of rotatable bonds is 16. The molecule has 1 aromatic carbocycles. The molecule has 36 heavy (non-hydrogen) atoms. The molecule has 1 aromatic heterocycles. The number of nitrogens with two attached hydrogens (primary N) is 2. The molecule has 1 atom stereocenters. The van der Waals surface area contributed by atoms with Gasteiger partial charge in [-0.05, 0) is 50.1 Å². The number of hydrogen-bond donors (Lipinski definition) is 2. The van der Waals surface area contributed by atoms with Gasteiger partial charge in [-0.3, -0.25) is 9.53 Å². The van der Waals surface area contributed by atoms with Gasteiger partial charge < -0.3 is 38.2 Å². The molecule has 10 nitrogen and oxygen atoms in total. The van der Waals surface area contributed by atoms with Gasteiger partial charge in [0.2, 0.25) is 12.2 Å². The molecule has 0 spiro atoms. The third kappa shape index (κ3) is 11.1. The third-order valence-corrected chi connectivity index (χ3v) is 5.22. The zero-order chi connectivity index (χ0) is 25.3. The van der Waals surface area contributed by atoms with E-state index in [1.54, 1.807) is 52.3 Å². The molecule has 0 saturated heterocycles. The second-order valence-corrected chi connectivity index (χ2v) is 7.93. The molecule has 0 aliphatic carbocycles. The first-order valence-electron chi connectivity index (χ1n) is 11.4. The Labute approximate surface area is 222 Å². The SMILES string of the molecule is N#CN=C(N)N(CCCCCCOc1ccc(Cl)cc1)c1cc[n+](C(OC=O)OCCCN)cc1.[Cl-]. The summed E-state index contributed by atoms with van der Waals surface area (Å²) in [4.78, 5) is 16.3. The van der Waals surface area contributed by atoms with Gasteiger partial charge in [-0.25, -0.2) is 0 Å². The lowest BCUT2D eigenvalue weighted by Gasteiger charge is -2.22. The average Bonchev–Trinajstić information content (AvgIpc) is 2.87. The van der Waals surface area contributed by atoms with Crippen molar-refractivity contribution < 1.29 is 36.0 Å². The summed E-state index contributed by atoms with van der Waals surface area (Å²) in [6, 6.07) is 10.9. The summed E-state index contributed by atoms with van der Waals surface area (Å²) < 4.78 is 17.9. The Kier molecular flexibility index (Phi) is 15.6. The van der Waals surface area contributed by atoms with Crippen molar-refractivity contribution in [3.8, 4) is 11.9 Å². The fraction of sp³-hybridized carbons (Fsp3) is 0.417. The molecule has 2 aromatic rings. The van der Waals surface area contributed by atoms with Gasteiger partial charge >= 0.3 is 6.41 Å². The molecule has 12 heteroatoms. The lowest BCUT2D eigenvalue weighted by Crippen LogP contribution is -3.00. The van der Waals surface area contributed by atoms with E-state index in [0.29, 0.717) is 44.2 Å². The van der Waals surface area contributed by atoms with Crippen LogP contribution in [0.15, 0.2) is 53.8 Å². The van der Waals surface area contributed by atoms with Crippen LogP contribution < -0.4 is 38.1 Å². The second-order valence-electron chi connectivity index (χ2n) is 7.49. The van der Waals surface area contributed by atoms with E-state index in [4.69, 9.17) is 42.5 Å². The van der Waals surface area contributed by atoms with E-state index in [2.05, 4.69) is 4.99 Å². The molecule has 0 aliphatic heterocycles. The normalized spacial score (nSPS) is 11.6. The number of carbonyl (C=O) groups excluding carboxylic acids is 1. The Morgan fingerprint density at radius 3 is 2.44 bits per heavy atom. The Hall–Kier alpha value is -3.10. The largest absolute Gasteiger partial charge is 1.00 e. The van der Waals surface area contributed by atoms with Gasteiger partial charge in [-0.1, -0.05) is 24.4 Å². The molecule has 0 fully saturated rings. The van der Waals surface area contributed by atoms with Crippen molar-refractivity contribution in [2.75, 3.05) is 31.2 Å². The highest BCUT2D eigenvalue weighted by Gasteiger charge is 2.21. The lowest BCUT2D eigenvalue weighted by molar-refractivity contribution is -0.798. The molecular weight excluding hydrogens is 507 g/mol. The summed E-state index contributed by atoms with van der Waals surface area (Å²) in [5.74, 6) is 0.907. The summed E-state index contributed by atoms with van der Waals surface area (Å²) >= 11 is 5.88. The predicted molar refractivity (Wildman–Crippen MR) is 132 cm³/mol. The van der Waals surface area contributed by atoms with Gasteiger partial charge in [0.1, 0.15) is 5.75 Å². The monoisotopic (exact) mass is 538 g/mol. The van der Waals surface area contributed by atoms with Crippen LogP contribution in [-0.2, 0) is 14.3 Å². The van der Waals surface area contributed by atoms with Crippen LogP contribution in [0.25, 0.3) is 0 Å². The van der Waals surface area contributed by atoms with Crippen LogP contribution in [0.2, 0.25) is 5.02 Å². The van der Waals surface area contributed by atoms with E-state index in [-0.39, 0.29) is 18.4 Å². The van der Waals surface area contributed by atoms with Crippen LogP contribution in [-0.4, -0.2) is 38.7 Å². The van der Waals surface area contributed by atoms with Crippen LogP contribution >= 0.6 is 11.6 Å². The first kappa shape index (κ1) is 30.9. The quantitative estimate of drug-likeness (QED) is 0.0572. The molecule has 0 aliphatic rings. The maximum absolute atomic E-state index is 10.8. The van der Waals surface area contributed by atoms with Gasteiger partial charge in [-0.15, -0.1) is 9.56 Å². The number of aliphatic imine (C=N–C) groups is 1. The van der Waals surface area contributed by atoms with Gasteiger partial charge in [0.25, 0.3) is 6.47 Å². The Morgan fingerprint density at radius 2 is 1.81 bits per heavy atom. The van der Waals surface area contributed by atoms with E-state index >= 15 is 0 Å². The fourth-order valence-corrected chi connectivity index (χ4v) is 3.32. The highest BCUT2D eigenvalue weighted by atomic mass is 35.5. The number of nitriles is 1. The van der Waals surface area contributed by atoms with E-state index in [1.165, 1.54) is 0 Å². The van der Waals surface area contributed by atoms with Crippen molar-refractivity contribution >= 4 is 29.7 Å². The van der Waals surface area contributed by atoms with Gasteiger partial charge in [0, 0.05) is 23.7 Å². The standard InChI is InChI=1S/C24H32ClN6O4.ClH/c25-20-6-8-22(9-7-20)33-16-4-2-1-3-13-31(23(28)29-18-27)21-10-14-30(15-11-21)24(35-19-32)34-17-5-12-26;/h6-11,14-15,19,24H,1-5,12-13,16-17,26H2,(H2,28,29);1H/q+1;/p-1. The Bertz CT molecular complexity index is 955. The molecule has 1 unspecified atom stereocenters. The number of benzene rings is 1. The van der Waals surface area contributed by atoms with E-state index in [0.717, 1.165) is 37.1 Å². The van der Waals surface area contributed by atoms with Crippen molar-refractivity contribution in [3.05, 3.63) is 53.8 Å². The molecule has 0 radical (unpaired) electrons. The van der Waals surface area contributed by atoms with Crippen molar-refractivity contribution in [2.45, 2.75) is 38.5 Å². The first-order chi connectivity index (χ1) is 17.1. The minimum atomic E-state index is -0.901. The molecule has 0 bridgehead atoms. The summed E-state index contributed by atoms with van der Waals surface area (Å²) in [5.41, 5.74) is 12.3. The van der Waals surface area contributed by atoms with Crippen LogP contribution in [0.1, 0.15) is 38.5 Å². The molecular formula is C24H32Cl2N6O4. The Balaban J connectivity index is 0.00000648. The minimum Gasteiger partial charge on any atom is -1.00 e. The number of hydrogen-bond acceptors (Lipinski definition) is 7. The van der Waals surface area contributed by atoms with Gasteiger partial charge in [0.05, 0.1) is 18.9 Å². The van der Waals surface area contributed by atoms with E-state index < -0.39 is 6.41 Å². The number of nitrogens with zero attached hydrogens (tertiary/aromatic N) is 4. The zero-order valence-electron chi connectivity index (χ0n) is 20.0. The first-order valence-corrected chi connectivity index (χ1v) is 11.8. The number of aromatic nitrogens is 1. The predicted octanol–water partition coefficient (Wildman–Crippen LogP) is -0.132. The number of guanidine groups is 1. The Morgan fingerprint density at radius 1 is 1.11 bits per heavy atom. The number of anilines is 1. The van der Waals surface area contributed by atoms with E-state index in [1.807, 2.05) is 12.1 Å². The van der Waals surface area contributed by atoms with Crippen LogP contribution in [0.5, 0.6) is 5.75 Å². The molecule has 0 saturated carbocycles. The average molecular weight is 539 g/mol. The fourth-order valence-electron chi connectivity index (χ4n) is 3.20. The molecule has 1 heterocycles. The zero-order valence-corrected chi connectivity index (χ0v) is 21.5. The lowest BCUT2D eigenvalue weighted by atomic mass is 10.2. The maximum Gasteiger partial charge on any atom is 0.425 e. The summed E-state index contributed by atoms with van der Waals surface area (Å²) in [6.45, 7) is 2.36. The van der Waals surface area contributed by atoms with Gasteiger partial charge in [-0.2, -0.15) is 5.26 Å². The topological polar surface area (TPSA) is 140 Å². The summed E-state index contributed by atoms with van der Waals surface area (Å²) in [7, 11) is 0. The molecule has 196 valence electrons. The van der Waals surface area contributed by atoms with Crippen molar-refractivity contribution in [1.29, 1.82) is 5.26 Å². The van der Waals surface area contributed by atoms with Crippen molar-refractivity contribution in [2.24, 2.45) is 16.5 Å². The van der Waals surface area contributed by atoms with Crippen molar-refractivity contribution in [1.82, 2.24) is 0 Å². The summed E-state index contributed by atoms with van der Waals surface area (Å²) in [5, 5.41) is 9.62. The number of unbranched alkanes of at least 4 members (excludes halogenated alkanes) is 3. The molecule has 4 N–H and O–H groups in total. The second kappa shape index (κ2) is 18.2. The molecule has 0 amide bonds. The van der Waals surface area contributed by atoms with Crippen LogP contribution in [0.3, 0.4) is 0 Å². The molecule has 2 rings (SSSR count). The van der Waals surface area contributed by atoms with Crippen molar-refractivity contribution in [3.63, 3.8) is 0 Å². The van der Waals surface area contributed by atoms with Crippen LogP contribution in [0, 0.1) is 11.5 Å². The minimum absolute atomic E-state index is 0. The van der Waals surface area contributed by atoms with E-state index in [9.17, 15) is 4.79 Å². The third-order valence-electron chi connectivity index (χ3n) is 4.97. The summed E-state index contributed by atoms with van der Waals surface area (Å²) in [6.07, 6.45) is 8.57. The number of ether oxygens (including phenoxy) is 3. The highest BCUT2D eigenvalue weighted by molar-refractivity contribution is 6.30. The number of carbonyl (C=O) groups is 1. The van der Waals surface area contributed by atoms with Gasteiger partial charge in [0.15, 0.2) is 12.4 Å². The maximum atomic E-state index is 10.8. The number of halogens is 2. The smallest absolute Gasteiger partial charge is 0.425 e. The van der Waals surface area contributed by atoms with Crippen LogP contribution in [0.4, 0.5) is 5.69 Å². The number of pyridine rings is 1. The highest BCUT2D eigenvalue weighted by Crippen LogP contribution is 2.17.